The zero-order chi connectivity index (χ0) is 15.6. The molecule has 0 spiro atoms. The summed E-state index contributed by atoms with van der Waals surface area (Å²) in [6.07, 6.45) is -3.88. The zero-order valence-corrected chi connectivity index (χ0v) is 12.0. The first-order valence-corrected chi connectivity index (χ1v) is 7.12. The van der Waals surface area contributed by atoms with Crippen LogP contribution >= 0.6 is 0 Å². The summed E-state index contributed by atoms with van der Waals surface area (Å²) in [6.45, 7) is 2.68. The van der Waals surface area contributed by atoms with Crippen molar-refractivity contribution in [3.8, 4) is 0 Å². The molecule has 0 aliphatic carbocycles. The summed E-state index contributed by atoms with van der Waals surface area (Å²) in [5, 5.41) is 0. The third kappa shape index (κ3) is 3.87. The van der Waals surface area contributed by atoms with Crippen LogP contribution in [0.5, 0.6) is 0 Å². The first kappa shape index (κ1) is 16.1. The van der Waals surface area contributed by atoms with Crippen molar-refractivity contribution in [2.45, 2.75) is 19.0 Å². The average molecular weight is 307 g/mol. The Kier molecular flexibility index (Phi) is 4.75. The number of carbonyl (C=O) groups excluding carboxylic acids is 2. The van der Waals surface area contributed by atoms with E-state index in [9.17, 15) is 22.8 Å². The monoisotopic (exact) mass is 307 g/mol. The lowest BCUT2D eigenvalue weighted by molar-refractivity contribution is -0.187. The molecule has 0 aromatic heterocycles. The third-order valence-electron chi connectivity index (χ3n) is 4.12. The van der Waals surface area contributed by atoms with E-state index in [1.165, 1.54) is 0 Å². The van der Waals surface area contributed by atoms with Crippen LogP contribution in [0.25, 0.3) is 0 Å². The van der Waals surface area contributed by atoms with Crippen LogP contribution in [0, 0.1) is 5.92 Å². The first-order valence-electron chi connectivity index (χ1n) is 7.12. The summed E-state index contributed by atoms with van der Waals surface area (Å²) < 4.78 is 37.4. The van der Waals surface area contributed by atoms with Crippen LogP contribution < -0.4 is 0 Å². The lowest BCUT2D eigenvalue weighted by atomic mass is 9.96. The molecule has 0 N–H and O–H groups in total. The van der Waals surface area contributed by atoms with Crippen molar-refractivity contribution < 1.29 is 22.8 Å². The maximum absolute atomic E-state index is 12.5. The minimum absolute atomic E-state index is 0.0743. The molecule has 120 valence electrons. The fourth-order valence-corrected chi connectivity index (χ4v) is 2.83. The Bertz CT molecular complexity index is 406. The Morgan fingerprint density at radius 3 is 2.19 bits per heavy atom. The SMILES string of the molecule is CN1CCN(C(=O)C2CCCN(C(=O)C(F)(F)F)C2)CC1. The number of piperidine rings is 1. The van der Waals surface area contributed by atoms with E-state index in [1.54, 1.807) is 4.90 Å². The van der Waals surface area contributed by atoms with E-state index >= 15 is 0 Å². The Labute approximate surface area is 121 Å². The lowest BCUT2D eigenvalue weighted by Crippen LogP contribution is -2.53. The van der Waals surface area contributed by atoms with E-state index in [0.717, 1.165) is 18.0 Å². The van der Waals surface area contributed by atoms with Gasteiger partial charge in [-0.15, -0.1) is 0 Å². The smallest absolute Gasteiger partial charge is 0.340 e. The molecule has 8 heteroatoms. The van der Waals surface area contributed by atoms with Gasteiger partial charge >= 0.3 is 12.1 Å². The van der Waals surface area contributed by atoms with Gasteiger partial charge in [0.15, 0.2) is 0 Å². The second kappa shape index (κ2) is 6.21. The zero-order valence-electron chi connectivity index (χ0n) is 12.0. The standard InChI is InChI=1S/C13H20F3N3O2/c1-17-5-7-18(8-6-17)11(20)10-3-2-4-19(9-10)12(21)13(14,15)16/h10H,2-9H2,1H3. The highest BCUT2D eigenvalue weighted by Crippen LogP contribution is 2.25. The number of carbonyl (C=O) groups is 2. The summed E-state index contributed by atoms with van der Waals surface area (Å²) in [5.74, 6) is -2.46. The van der Waals surface area contributed by atoms with Gasteiger partial charge in [0.2, 0.25) is 5.91 Å². The van der Waals surface area contributed by atoms with Crippen molar-refractivity contribution in [1.29, 1.82) is 0 Å². The molecule has 2 amide bonds. The number of hydrogen-bond donors (Lipinski definition) is 0. The van der Waals surface area contributed by atoms with Gasteiger partial charge in [-0.3, -0.25) is 9.59 Å². The highest BCUT2D eigenvalue weighted by Gasteiger charge is 2.44. The quantitative estimate of drug-likeness (QED) is 0.711. The summed E-state index contributed by atoms with van der Waals surface area (Å²) in [6, 6.07) is 0. The van der Waals surface area contributed by atoms with Gasteiger partial charge in [-0.05, 0) is 19.9 Å². The molecule has 0 aromatic carbocycles. The van der Waals surface area contributed by atoms with Crippen LogP contribution in [-0.4, -0.2) is 79.0 Å². The minimum atomic E-state index is -4.86. The number of amides is 2. The largest absolute Gasteiger partial charge is 0.471 e. The van der Waals surface area contributed by atoms with Crippen molar-refractivity contribution in [2.24, 2.45) is 5.92 Å². The van der Waals surface area contributed by atoms with E-state index in [4.69, 9.17) is 0 Å². The van der Waals surface area contributed by atoms with Crippen LogP contribution in [0.3, 0.4) is 0 Å². The topological polar surface area (TPSA) is 43.9 Å². The molecule has 0 saturated carbocycles. The second-order valence-electron chi connectivity index (χ2n) is 5.72. The van der Waals surface area contributed by atoms with Crippen LogP contribution in [0.1, 0.15) is 12.8 Å². The molecule has 21 heavy (non-hydrogen) atoms. The van der Waals surface area contributed by atoms with Crippen molar-refractivity contribution in [1.82, 2.24) is 14.7 Å². The fraction of sp³-hybridized carbons (Fsp3) is 0.846. The predicted molar refractivity (Wildman–Crippen MR) is 69.4 cm³/mol. The molecule has 0 aromatic rings. The van der Waals surface area contributed by atoms with Gasteiger partial charge in [-0.1, -0.05) is 0 Å². The molecule has 2 aliphatic rings. The number of likely N-dealkylation sites (N-methyl/N-ethyl adjacent to an activating group) is 1. The van der Waals surface area contributed by atoms with E-state index in [1.807, 2.05) is 7.05 Å². The summed E-state index contributed by atoms with van der Waals surface area (Å²) in [5.41, 5.74) is 0. The molecule has 2 rings (SSSR count). The molecule has 2 saturated heterocycles. The number of halogens is 3. The number of hydrogen-bond acceptors (Lipinski definition) is 3. The van der Waals surface area contributed by atoms with Gasteiger partial charge in [0.25, 0.3) is 0 Å². The Morgan fingerprint density at radius 2 is 1.62 bits per heavy atom. The molecule has 2 heterocycles. The molecular formula is C13H20F3N3O2. The van der Waals surface area contributed by atoms with Gasteiger partial charge in [-0.2, -0.15) is 13.2 Å². The van der Waals surface area contributed by atoms with Crippen LogP contribution in [-0.2, 0) is 9.59 Å². The second-order valence-corrected chi connectivity index (χ2v) is 5.72. The molecule has 5 nitrogen and oxygen atoms in total. The van der Waals surface area contributed by atoms with Crippen molar-refractivity contribution in [2.75, 3.05) is 46.3 Å². The number of alkyl halides is 3. The average Bonchev–Trinajstić information content (AvgIpc) is 2.45. The molecule has 0 bridgehead atoms. The molecule has 2 aliphatic heterocycles. The van der Waals surface area contributed by atoms with Gasteiger partial charge in [0.05, 0.1) is 5.92 Å². The first-order chi connectivity index (χ1) is 9.79. The maximum atomic E-state index is 12.5. The fourth-order valence-electron chi connectivity index (χ4n) is 2.83. The molecule has 1 unspecified atom stereocenters. The number of likely N-dealkylation sites (tertiary alicyclic amines) is 1. The van der Waals surface area contributed by atoms with Crippen LogP contribution in [0.4, 0.5) is 13.2 Å². The van der Waals surface area contributed by atoms with Crippen LogP contribution in [0.2, 0.25) is 0 Å². The van der Waals surface area contributed by atoms with Gasteiger partial charge in [0, 0.05) is 39.3 Å². The van der Waals surface area contributed by atoms with Crippen molar-refractivity contribution >= 4 is 11.8 Å². The Morgan fingerprint density at radius 1 is 1.00 bits per heavy atom. The molecule has 1 atom stereocenters. The highest BCUT2D eigenvalue weighted by atomic mass is 19.4. The van der Waals surface area contributed by atoms with E-state index in [2.05, 4.69) is 4.90 Å². The summed E-state index contributed by atoms with van der Waals surface area (Å²) in [4.78, 5) is 28.2. The Hall–Kier alpha value is -1.31. The number of rotatable bonds is 1. The predicted octanol–water partition coefficient (Wildman–Crippen LogP) is 0.561. The number of nitrogens with zero attached hydrogens (tertiary/aromatic N) is 3. The van der Waals surface area contributed by atoms with Crippen LogP contribution in [0.15, 0.2) is 0 Å². The summed E-state index contributed by atoms with van der Waals surface area (Å²) >= 11 is 0. The van der Waals surface area contributed by atoms with Crippen molar-refractivity contribution in [3.63, 3.8) is 0 Å². The van der Waals surface area contributed by atoms with Crippen molar-refractivity contribution in [3.05, 3.63) is 0 Å². The third-order valence-corrected chi connectivity index (χ3v) is 4.12. The van der Waals surface area contributed by atoms with E-state index in [0.29, 0.717) is 25.9 Å². The highest BCUT2D eigenvalue weighted by molar-refractivity contribution is 5.84. The Balaban J connectivity index is 1.94. The molecule has 0 radical (unpaired) electrons. The normalized spacial score (nSPS) is 25.0. The minimum Gasteiger partial charge on any atom is -0.340 e. The van der Waals surface area contributed by atoms with E-state index in [-0.39, 0.29) is 19.0 Å². The molecule has 2 fully saturated rings. The van der Waals surface area contributed by atoms with Gasteiger partial charge in [-0.25, -0.2) is 0 Å². The lowest BCUT2D eigenvalue weighted by Gasteiger charge is -2.38. The van der Waals surface area contributed by atoms with E-state index < -0.39 is 18.0 Å². The van der Waals surface area contributed by atoms with Gasteiger partial charge in [0.1, 0.15) is 0 Å². The van der Waals surface area contributed by atoms with Gasteiger partial charge < -0.3 is 14.7 Å². The maximum Gasteiger partial charge on any atom is 0.471 e. The number of piperazine rings is 1. The molecular weight excluding hydrogens is 287 g/mol. The summed E-state index contributed by atoms with van der Waals surface area (Å²) in [7, 11) is 1.96.